The van der Waals surface area contributed by atoms with Crippen LogP contribution in [-0.2, 0) is 13.1 Å². The second-order valence-electron chi connectivity index (χ2n) is 3.70. The lowest BCUT2D eigenvalue weighted by atomic mass is 10.1. The molecule has 2 rings (SSSR count). The minimum Gasteiger partial charge on any atom is -0.393 e. The Morgan fingerprint density at radius 2 is 1.86 bits per heavy atom. The van der Waals surface area contributed by atoms with Crippen LogP contribution in [0, 0.1) is 0 Å². The summed E-state index contributed by atoms with van der Waals surface area (Å²) in [6.07, 6.45) is 0.823. The molecule has 1 aromatic carbocycles. The minimum absolute atomic E-state index is 0.612. The van der Waals surface area contributed by atoms with E-state index in [-0.39, 0.29) is 0 Å². The summed E-state index contributed by atoms with van der Waals surface area (Å²) in [5.74, 6) is 0. The quantitative estimate of drug-likeness (QED) is 0.763. The van der Waals surface area contributed by atoms with Crippen molar-refractivity contribution in [1.82, 2.24) is 4.90 Å². The van der Waals surface area contributed by atoms with Gasteiger partial charge in [-0.15, -0.1) is 0 Å². The molecule has 2 nitrogen and oxygen atoms in total. The average molecular weight is 206 g/mol. The van der Waals surface area contributed by atoms with Crippen LogP contribution in [0.15, 0.2) is 24.3 Å². The van der Waals surface area contributed by atoms with E-state index in [1.165, 1.54) is 11.1 Å². The first-order valence-corrected chi connectivity index (χ1v) is 5.24. The molecule has 0 saturated heterocycles. The average Bonchev–Trinajstić information content (AvgIpc) is 2.57. The molecule has 3 heteroatoms. The number of nitrogens with zero attached hydrogens (tertiary/aromatic N) is 1. The zero-order valence-electron chi connectivity index (χ0n) is 8.07. The van der Waals surface area contributed by atoms with Gasteiger partial charge < -0.3 is 5.73 Å². The maximum Gasteiger partial charge on any atom is 0.0740 e. The summed E-state index contributed by atoms with van der Waals surface area (Å²) in [4.78, 5) is 2.99. The molecular weight excluding hydrogens is 192 g/mol. The van der Waals surface area contributed by atoms with Gasteiger partial charge in [-0.25, -0.2) is 0 Å². The van der Waals surface area contributed by atoms with Crippen molar-refractivity contribution in [3.8, 4) is 0 Å². The van der Waals surface area contributed by atoms with Gasteiger partial charge in [-0.3, -0.25) is 4.90 Å². The van der Waals surface area contributed by atoms with Gasteiger partial charge >= 0.3 is 0 Å². The summed E-state index contributed by atoms with van der Waals surface area (Å²) in [5, 5.41) is 0. The summed E-state index contributed by atoms with van der Waals surface area (Å²) in [6, 6.07) is 8.57. The fourth-order valence-corrected chi connectivity index (χ4v) is 1.92. The highest BCUT2D eigenvalue weighted by Gasteiger charge is 2.17. The predicted molar refractivity (Wildman–Crippen MR) is 62.0 cm³/mol. The van der Waals surface area contributed by atoms with Crippen molar-refractivity contribution in [2.45, 2.75) is 19.5 Å². The summed E-state index contributed by atoms with van der Waals surface area (Å²) in [6.45, 7) is 3.06. The molecule has 0 saturated carbocycles. The standard InChI is InChI=1S/C11H14N2S/c12-11(14)5-6-13-7-9-3-1-2-4-10(9)8-13/h1-4H,5-8H2,(H2,12,14). The number of nitrogens with two attached hydrogens (primary N) is 1. The Labute approximate surface area is 89.7 Å². The van der Waals surface area contributed by atoms with E-state index in [1.54, 1.807) is 0 Å². The van der Waals surface area contributed by atoms with Crippen LogP contribution < -0.4 is 5.73 Å². The summed E-state index contributed by atoms with van der Waals surface area (Å²) in [5.41, 5.74) is 8.36. The molecule has 0 fully saturated rings. The molecule has 0 bridgehead atoms. The van der Waals surface area contributed by atoms with Crippen molar-refractivity contribution in [3.63, 3.8) is 0 Å². The van der Waals surface area contributed by atoms with Crippen LogP contribution in [0.5, 0.6) is 0 Å². The van der Waals surface area contributed by atoms with E-state index in [0.717, 1.165) is 26.1 Å². The lowest BCUT2D eigenvalue weighted by Crippen LogP contribution is -2.22. The Bertz CT molecular complexity index is 324. The first-order valence-electron chi connectivity index (χ1n) is 4.83. The van der Waals surface area contributed by atoms with Crippen LogP contribution in [0.1, 0.15) is 17.5 Å². The molecule has 2 N–H and O–H groups in total. The lowest BCUT2D eigenvalue weighted by molar-refractivity contribution is 0.293. The van der Waals surface area contributed by atoms with Gasteiger partial charge in [0.2, 0.25) is 0 Å². The zero-order chi connectivity index (χ0) is 9.97. The van der Waals surface area contributed by atoms with E-state index in [2.05, 4.69) is 29.2 Å². The zero-order valence-corrected chi connectivity index (χ0v) is 8.89. The maximum absolute atomic E-state index is 5.48. The van der Waals surface area contributed by atoms with Crippen LogP contribution in [0.3, 0.4) is 0 Å². The molecule has 0 atom stereocenters. The van der Waals surface area contributed by atoms with Gasteiger partial charge in [0.25, 0.3) is 0 Å². The number of hydrogen-bond acceptors (Lipinski definition) is 2. The van der Waals surface area contributed by atoms with Gasteiger partial charge in [0.1, 0.15) is 0 Å². The van der Waals surface area contributed by atoms with Crippen LogP contribution in [0.4, 0.5) is 0 Å². The summed E-state index contributed by atoms with van der Waals surface area (Å²) in [7, 11) is 0. The highest BCUT2D eigenvalue weighted by molar-refractivity contribution is 7.80. The van der Waals surface area contributed by atoms with Crippen molar-refractivity contribution in [1.29, 1.82) is 0 Å². The molecule has 1 aromatic rings. The number of thiocarbonyl (C=S) groups is 1. The molecule has 0 aromatic heterocycles. The normalized spacial score (nSPS) is 15.4. The molecule has 1 heterocycles. The van der Waals surface area contributed by atoms with Crippen molar-refractivity contribution >= 4 is 17.2 Å². The Hall–Kier alpha value is -0.930. The Balaban J connectivity index is 1.95. The van der Waals surface area contributed by atoms with Gasteiger partial charge in [0, 0.05) is 26.1 Å². The van der Waals surface area contributed by atoms with E-state index in [1.807, 2.05) is 0 Å². The first kappa shape index (κ1) is 9.62. The predicted octanol–water partition coefficient (Wildman–Crippen LogP) is 1.68. The fourth-order valence-electron chi connectivity index (χ4n) is 1.83. The first-order chi connectivity index (χ1) is 6.75. The molecule has 0 unspecified atom stereocenters. The number of rotatable bonds is 3. The molecule has 74 valence electrons. The maximum atomic E-state index is 5.48. The molecular formula is C11H14N2S. The molecule has 1 aliphatic rings. The third-order valence-corrected chi connectivity index (χ3v) is 2.78. The minimum atomic E-state index is 0.612. The smallest absolute Gasteiger partial charge is 0.0740 e. The Morgan fingerprint density at radius 1 is 1.29 bits per heavy atom. The molecule has 1 aliphatic heterocycles. The number of hydrogen-bond donors (Lipinski definition) is 1. The SMILES string of the molecule is NC(=S)CCN1Cc2ccccc2C1. The monoisotopic (exact) mass is 206 g/mol. The summed E-state index contributed by atoms with van der Waals surface area (Å²) >= 11 is 4.87. The highest BCUT2D eigenvalue weighted by atomic mass is 32.1. The van der Waals surface area contributed by atoms with Gasteiger partial charge in [0.05, 0.1) is 4.99 Å². The van der Waals surface area contributed by atoms with Crippen LogP contribution >= 0.6 is 12.2 Å². The highest BCUT2D eigenvalue weighted by Crippen LogP contribution is 2.21. The van der Waals surface area contributed by atoms with E-state index >= 15 is 0 Å². The van der Waals surface area contributed by atoms with Gasteiger partial charge in [-0.05, 0) is 11.1 Å². The van der Waals surface area contributed by atoms with Crippen LogP contribution in [0.25, 0.3) is 0 Å². The second-order valence-corrected chi connectivity index (χ2v) is 4.22. The molecule has 0 spiro atoms. The number of fused-ring (bicyclic) bond motifs is 1. The van der Waals surface area contributed by atoms with E-state index in [4.69, 9.17) is 18.0 Å². The van der Waals surface area contributed by atoms with E-state index in [0.29, 0.717) is 4.99 Å². The largest absolute Gasteiger partial charge is 0.393 e. The third-order valence-electron chi connectivity index (χ3n) is 2.58. The van der Waals surface area contributed by atoms with Gasteiger partial charge in [0.15, 0.2) is 0 Å². The van der Waals surface area contributed by atoms with Gasteiger partial charge in [-0.2, -0.15) is 0 Å². The second kappa shape index (κ2) is 4.07. The van der Waals surface area contributed by atoms with Crippen molar-refractivity contribution in [3.05, 3.63) is 35.4 Å². The molecule has 0 radical (unpaired) electrons. The van der Waals surface area contributed by atoms with E-state index in [9.17, 15) is 0 Å². The van der Waals surface area contributed by atoms with Gasteiger partial charge in [-0.1, -0.05) is 36.5 Å². The van der Waals surface area contributed by atoms with E-state index < -0.39 is 0 Å². The topological polar surface area (TPSA) is 29.3 Å². The lowest BCUT2D eigenvalue weighted by Gasteiger charge is -2.13. The summed E-state index contributed by atoms with van der Waals surface area (Å²) < 4.78 is 0. The van der Waals surface area contributed by atoms with Crippen molar-refractivity contribution in [2.75, 3.05) is 6.54 Å². The van der Waals surface area contributed by atoms with Crippen molar-refractivity contribution < 1.29 is 0 Å². The van der Waals surface area contributed by atoms with Crippen LogP contribution in [-0.4, -0.2) is 16.4 Å². The Kier molecular flexibility index (Phi) is 2.79. The third kappa shape index (κ3) is 2.11. The molecule has 0 amide bonds. The molecule has 0 aliphatic carbocycles. The number of benzene rings is 1. The van der Waals surface area contributed by atoms with Crippen LogP contribution in [0.2, 0.25) is 0 Å². The Morgan fingerprint density at radius 3 is 2.36 bits per heavy atom. The van der Waals surface area contributed by atoms with Crippen molar-refractivity contribution in [2.24, 2.45) is 5.73 Å². The fraction of sp³-hybridized carbons (Fsp3) is 0.364. The molecule has 14 heavy (non-hydrogen) atoms.